The largest absolute Gasteiger partial charge is 0.379 e. The average molecular weight is 339 g/mol. The van der Waals surface area contributed by atoms with Gasteiger partial charge in [-0.15, -0.1) is 0 Å². The van der Waals surface area contributed by atoms with Gasteiger partial charge in [-0.3, -0.25) is 9.78 Å². The van der Waals surface area contributed by atoms with E-state index >= 15 is 0 Å². The Balaban J connectivity index is 1.60. The minimum Gasteiger partial charge on any atom is -0.379 e. The van der Waals surface area contributed by atoms with Crippen LogP contribution in [0.15, 0.2) is 48.8 Å². The van der Waals surface area contributed by atoms with Crippen molar-refractivity contribution in [1.82, 2.24) is 15.2 Å². The van der Waals surface area contributed by atoms with E-state index in [0.717, 1.165) is 17.5 Å². The van der Waals surface area contributed by atoms with Gasteiger partial charge in [0.2, 0.25) is 0 Å². The molecule has 1 fully saturated rings. The number of rotatable bonds is 6. The van der Waals surface area contributed by atoms with Crippen molar-refractivity contribution in [2.24, 2.45) is 0 Å². The highest BCUT2D eigenvalue weighted by Gasteiger charge is 2.41. The monoisotopic (exact) mass is 339 g/mol. The standard InChI is InChI=1S/C20H25N3O2/c1-16-4-2-5-18(12-16)14-23-11-3-8-20(25,19(23)24)15-22-13-17-6-9-21-10-7-17/h2,4-7,9-10,12,22,25H,3,8,11,13-15H2,1H3/t20-/m1/s1. The molecular formula is C20H25N3O2. The Hall–Kier alpha value is -2.24. The molecule has 1 aromatic carbocycles. The summed E-state index contributed by atoms with van der Waals surface area (Å²) in [7, 11) is 0. The van der Waals surface area contributed by atoms with Gasteiger partial charge in [0.25, 0.3) is 5.91 Å². The summed E-state index contributed by atoms with van der Waals surface area (Å²) in [6.07, 6.45) is 4.78. The van der Waals surface area contributed by atoms with E-state index in [1.54, 1.807) is 17.3 Å². The molecule has 0 bridgehead atoms. The minimum atomic E-state index is -1.32. The Morgan fingerprint density at radius 3 is 2.80 bits per heavy atom. The third-order valence-corrected chi connectivity index (χ3v) is 4.66. The zero-order valence-corrected chi connectivity index (χ0v) is 14.6. The molecular weight excluding hydrogens is 314 g/mol. The van der Waals surface area contributed by atoms with Crippen LogP contribution in [-0.2, 0) is 17.9 Å². The Bertz CT molecular complexity index is 720. The summed E-state index contributed by atoms with van der Waals surface area (Å²) in [6, 6.07) is 12.0. The first-order valence-electron chi connectivity index (χ1n) is 8.74. The van der Waals surface area contributed by atoms with Crippen molar-refractivity contribution in [3.63, 3.8) is 0 Å². The zero-order valence-electron chi connectivity index (χ0n) is 14.6. The predicted octanol–water partition coefficient (Wildman–Crippen LogP) is 2.03. The average Bonchev–Trinajstić information content (AvgIpc) is 2.60. The molecule has 3 rings (SSSR count). The lowest BCUT2D eigenvalue weighted by atomic mass is 9.91. The number of nitrogens with zero attached hydrogens (tertiary/aromatic N) is 2. The topological polar surface area (TPSA) is 65.5 Å². The number of piperidine rings is 1. The highest BCUT2D eigenvalue weighted by atomic mass is 16.3. The lowest BCUT2D eigenvalue weighted by Crippen LogP contribution is -2.57. The van der Waals surface area contributed by atoms with Crippen molar-refractivity contribution >= 4 is 5.91 Å². The van der Waals surface area contributed by atoms with E-state index in [0.29, 0.717) is 26.1 Å². The van der Waals surface area contributed by atoms with E-state index in [-0.39, 0.29) is 12.5 Å². The summed E-state index contributed by atoms with van der Waals surface area (Å²) in [5, 5.41) is 14.1. The number of carbonyl (C=O) groups excluding carboxylic acids is 1. The number of carbonyl (C=O) groups is 1. The predicted molar refractivity (Wildman–Crippen MR) is 96.7 cm³/mol. The van der Waals surface area contributed by atoms with Gasteiger partial charge < -0.3 is 15.3 Å². The molecule has 0 aliphatic carbocycles. The van der Waals surface area contributed by atoms with Crippen LogP contribution in [-0.4, -0.2) is 39.6 Å². The number of aryl methyl sites for hydroxylation is 1. The van der Waals surface area contributed by atoms with E-state index in [4.69, 9.17) is 0 Å². The van der Waals surface area contributed by atoms with Crippen LogP contribution in [0.4, 0.5) is 0 Å². The Labute approximate surface area is 148 Å². The first kappa shape index (κ1) is 17.6. The van der Waals surface area contributed by atoms with Crippen molar-refractivity contribution in [3.05, 3.63) is 65.5 Å². The molecule has 5 nitrogen and oxygen atoms in total. The highest BCUT2D eigenvalue weighted by molar-refractivity contribution is 5.86. The normalized spacial score (nSPS) is 20.7. The Morgan fingerprint density at radius 2 is 2.04 bits per heavy atom. The van der Waals surface area contributed by atoms with Crippen LogP contribution in [0, 0.1) is 6.92 Å². The van der Waals surface area contributed by atoms with Crippen molar-refractivity contribution in [3.8, 4) is 0 Å². The maximum Gasteiger partial charge on any atom is 0.256 e. The van der Waals surface area contributed by atoms with Gasteiger partial charge >= 0.3 is 0 Å². The SMILES string of the molecule is Cc1cccc(CN2CCC[C@@](O)(CNCc3ccncc3)C2=O)c1. The second kappa shape index (κ2) is 7.76. The summed E-state index contributed by atoms with van der Waals surface area (Å²) in [4.78, 5) is 18.6. The quantitative estimate of drug-likeness (QED) is 0.845. The molecule has 2 aromatic rings. The Kier molecular flexibility index (Phi) is 5.46. The van der Waals surface area contributed by atoms with Crippen molar-refractivity contribution in [2.75, 3.05) is 13.1 Å². The number of amides is 1. The molecule has 1 amide bonds. The summed E-state index contributed by atoms with van der Waals surface area (Å²) < 4.78 is 0. The van der Waals surface area contributed by atoms with Crippen LogP contribution < -0.4 is 5.32 Å². The van der Waals surface area contributed by atoms with Gasteiger partial charge in [-0.1, -0.05) is 29.8 Å². The fourth-order valence-corrected chi connectivity index (χ4v) is 3.33. The molecule has 0 unspecified atom stereocenters. The molecule has 25 heavy (non-hydrogen) atoms. The van der Waals surface area contributed by atoms with Crippen molar-refractivity contribution in [2.45, 2.75) is 38.5 Å². The lowest BCUT2D eigenvalue weighted by Gasteiger charge is -2.38. The van der Waals surface area contributed by atoms with E-state index in [1.165, 1.54) is 5.56 Å². The molecule has 132 valence electrons. The zero-order chi connectivity index (χ0) is 17.7. The van der Waals surface area contributed by atoms with Gasteiger partial charge in [-0.25, -0.2) is 0 Å². The molecule has 0 saturated carbocycles. The third kappa shape index (κ3) is 4.44. The second-order valence-electron chi connectivity index (χ2n) is 6.81. The van der Waals surface area contributed by atoms with E-state index in [1.807, 2.05) is 37.3 Å². The van der Waals surface area contributed by atoms with Crippen LogP contribution in [0.3, 0.4) is 0 Å². The Morgan fingerprint density at radius 1 is 1.24 bits per heavy atom. The lowest BCUT2D eigenvalue weighted by molar-refractivity contribution is -0.157. The van der Waals surface area contributed by atoms with Gasteiger partial charge in [0.1, 0.15) is 0 Å². The van der Waals surface area contributed by atoms with Gasteiger partial charge in [-0.05, 0) is 43.0 Å². The van der Waals surface area contributed by atoms with Gasteiger partial charge in [-0.2, -0.15) is 0 Å². The number of pyridine rings is 1. The van der Waals surface area contributed by atoms with Gasteiger partial charge in [0.15, 0.2) is 5.60 Å². The molecule has 5 heteroatoms. The number of aromatic nitrogens is 1. The third-order valence-electron chi connectivity index (χ3n) is 4.66. The summed E-state index contributed by atoms with van der Waals surface area (Å²) >= 11 is 0. The van der Waals surface area contributed by atoms with Crippen LogP contribution in [0.25, 0.3) is 0 Å². The summed E-state index contributed by atoms with van der Waals surface area (Å²) in [5.74, 6) is -0.178. The van der Waals surface area contributed by atoms with Crippen molar-refractivity contribution < 1.29 is 9.90 Å². The van der Waals surface area contributed by atoms with Gasteiger partial charge in [0.05, 0.1) is 0 Å². The number of likely N-dealkylation sites (tertiary alicyclic amines) is 1. The highest BCUT2D eigenvalue weighted by Crippen LogP contribution is 2.24. The number of hydrogen-bond donors (Lipinski definition) is 2. The van der Waals surface area contributed by atoms with Crippen LogP contribution >= 0.6 is 0 Å². The first-order chi connectivity index (χ1) is 12.1. The number of hydrogen-bond acceptors (Lipinski definition) is 4. The van der Waals surface area contributed by atoms with E-state index in [2.05, 4.69) is 16.4 Å². The van der Waals surface area contributed by atoms with Crippen LogP contribution in [0.1, 0.15) is 29.5 Å². The minimum absolute atomic E-state index is 0.178. The van der Waals surface area contributed by atoms with Gasteiger partial charge in [0, 0.05) is 38.6 Å². The molecule has 1 aliphatic heterocycles. The fourth-order valence-electron chi connectivity index (χ4n) is 3.33. The molecule has 1 atom stereocenters. The number of nitrogens with one attached hydrogen (secondary N) is 1. The first-order valence-corrected chi connectivity index (χ1v) is 8.74. The van der Waals surface area contributed by atoms with Crippen LogP contribution in [0.2, 0.25) is 0 Å². The van der Waals surface area contributed by atoms with Crippen molar-refractivity contribution in [1.29, 1.82) is 0 Å². The molecule has 2 heterocycles. The van der Waals surface area contributed by atoms with Crippen LogP contribution in [0.5, 0.6) is 0 Å². The summed E-state index contributed by atoms with van der Waals surface area (Å²) in [6.45, 7) is 4.15. The molecule has 2 N–H and O–H groups in total. The molecule has 1 aromatic heterocycles. The maximum absolute atomic E-state index is 12.8. The number of benzene rings is 1. The fraction of sp³-hybridized carbons (Fsp3) is 0.400. The second-order valence-corrected chi connectivity index (χ2v) is 6.81. The van der Waals surface area contributed by atoms with E-state index < -0.39 is 5.60 Å². The molecule has 0 radical (unpaired) electrons. The van der Waals surface area contributed by atoms with E-state index in [9.17, 15) is 9.90 Å². The number of aliphatic hydroxyl groups is 1. The molecule has 1 saturated heterocycles. The smallest absolute Gasteiger partial charge is 0.256 e. The molecule has 1 aliphatic rings. The summed E-state index contributed by atoms with van der Waals surface area (Å²) in [5.41, 5.74) is 2.03. The molecule has 0 spiro atoms. The maximum atomic E-state index is 12.8.